The van der Waals surface area contributed by atoms with Crippen LogP contribution in [0.3, 0.4) is 0 Å². The molecule has 0 heterocycles. The molecule has 0 radical (unpaired) electrons. The molecular weight excluding hydrogens is 147 g/mol. The highest BCUT2D eigenvalue weighted by atomic mass is 31.1. The highest BCUT2D eigenvalue weighted by Crippen LogP contribution is 2.45. The van der Waals surface area contributed by atoms with Crippen LogP contribution in [0.15, 0.2) is 0 Å². The van der Waals surface area contributed by atoms with Gasteiger partial charge in [0, 0.05) is 0 Å². The average Bonchev–Trinajstić information content (AvgIpc) is 1.89. The summed E-state index contributed by atoms with van der Waals surface area (Å²) in [5.41, 5.74) is 0. The normalized spacial score (nSPS) is 26.0. The highest BCUT2D eigenvalue weighted by molar-refractivity contribution is 7.40. The molecule has 2 nitrogen and oxygen atoms in total. The zero-order valence-corrected chi connectivity index (χ0v) is 7.23. The van der Waals surface area contributed by atoms with E-state index in [0.717, 1.165) is 25.7 Å². The molecule has 0 aromatic heterocycles. The van der Waals surface area contributed by atoms with Crippen molar-refractivity contribution in [3.63, 3.8) is 0 Å². The molecule has 0 aromatic carbocycles. The van der Waals surface area contributed by atoms with Gasteiger partial charge in [0.25, 0.3) is 0 Å². The predicted molar refractivity (Wildman–Crippen MR) is 41.3 cm³/mol. The van der Waals surface area contributed by atoms with Gasteiger partial charge in [-0.2, -0.15) is 4.89 Å². The largest absolute Gasteiger partial charge is 0.511 e. The van der Waals surface area contributed by atoms with Gasteiger partial charge in [0.05, 0.1) is 0 Å². The molecule has 10 heavy (non-hydrogen) atoms. The van der Waals surface area contributed by atoms with Crippen molar-refractivity contribution in [1.82, 2.24) is 0 Å². The molecule has 0 amide bonds. The summed E-state index contributed by atoms with van der Waals surface area (Å²) in [4.78, 5) is 8.95. The van der Waals surface area contributed by atoms with Gasteiger partial charge in [-0.1, -0.05) is 6.42 Å². The molecule has 1 saturated carbocycles. The van der Waals surface area contributed by atoms with Crippen LogP contribution >= 0.6 is 8.03 Å². The third-order valence-corrected chi connectivity index (χ3v) is 3.76. The third kappa shape index (κ3) is 1.56. The molecule has 0 aliphatic heterocycles. The molecule has 1 unspecified atom stereocenters. The van der Waals surface area contributed by atoms with Crippen LogP contribution < -0.4 is 0 Å². The van der Waals surface area contributed by atoms with E-state index in [-0.39, 0.29) is 5.16 Å². The summed E-state index contributed by atoms with van der Waals surface area (Å²) in [7, 11) is -1.95. The lowest BCUT2D eigenvalue weighted by molar-refractivity contribution is 0.369. The monoisotopic (exact) mass is 161 g/mol. The quantitative estimate of drug-likeness (QED) is 0.599. The van der Waals surface area contributed by atoms with Crippen LogP contribution in [0.4, 0.5) is 0 Å². The van der Waals surface area contributed by atoms with Gasteiger partial charge in [-0.3, -0.25) is 0 Å². The fourth-order valence-electron chi connectivity index (χ4n) is 1.50. The Morgan fingerprint density at radius 3 is 2.10 bits per heavy atom. The Kier molecular flexibility index (Phi) is 2.43. The summed E-state index contributed by atoms with van der Waals surface area (Å²) in [6.07, 6.45) is 5.34. The van der Waals surface area contributed by atoms with E-state index >= 15 is 0 Å². The van der Waals surface area contributed by atoms with Crippen molar-refractivity contribution in [3.05, 3.63) is 0 Å². The molecular formula is C7H14O2P+. The summed E-state index contributed by atoms with van der Waals surface area (Å²) in [5, 5.41) is -0.256. The summed E-state index contributed by atoms with van der Waals surface area (Å²) < 4.78 is 10.8. The van der Waals surface area contributed by atoms with Gasteiger partial charge in [-0.15, -0.1) is 0 Å². The fourth-order valence-corrected chi connectivity index (χ4v) is 2.20. The molecule has 0 bridgehead atoms. The van der Waals surface area contributed by atoms with Crippen molar-refractivity contribution in [1.29, 1.82) is 0 Å². The van der Waals surface area contributed by atoms with Crippen molar-refractivity contribution in [2.45, 2.75) is 44.2 Å². The zero-order chi connectivity index (χ0) is 7.61. The predicted octanol–water partition coefficient (Wildman–Crippen LogP) is 2.44. The lowest BCUT2D eigenvalue weighted by Gasteiger charge is -2.20. The molecule has 0 spiro atoms. The minimum Gasteiger partial charge on any atom is -0.160 e. The Hall–Kier alpha value is 0.0600. The SMILES string of the molecule is CC1([P+](=O)O)CCCCC1. The van der Waals surface area contributed by atoms with E-state index < -0.39 is 8.03 Å². The summed E-state index contributed by atoms with van der Waals surface area (Å²) >= 11 is 0. The fraction of sp³-hybridized carbons (Fsp3) is 1.00. The van der Waals surface area contributed by atoms with E-state index in [1.807, 2.05) is 6.92 Å². The first kappa shape index (κ1) is 8.16. The molecule has 3 heteroatoms. The first-order valence-corrected chi connectivity index (χ1v) is 5.03. The van der Waals surface area contributed by atoms with Crippen molar-refractivity contribution in [3.8, 4) is 0 Å². The smallest absolute Gasteiger partial charge is 0.160 e. The molecule has 0 aromatic rings. The van der Waals surface area contributed by atoms with E-state index in [1.54, 1.807) is 0 Å². The third-order valence-electron chi connectivity index (χ3n) is 2.39. The lowest BCUT2D eigenvalue weighted by Crippen LogP contribution is -2.22. The van der Waals surface area contributed by atoms with Crippen LogP contribution in [0.25, 0.3) is 0 Å². The van der Waals surface area contributed by atoms with E-state index in [9.17, 15) is 4.57 Å². The first-order valence-electron chi connectivity index (χ1n) is 3.81. The van der Waals surface area contributed by atoms with Crippen LogP contribution in [0.2, 0.25) is 0 Å². The van der Waals surface area contributed by atoms with Gasteiger partial charge >= 0.3 is 8.03 Å². The number of hydrogen-bond acceptors (Lipinski definition) is 1. The van der Waals surface area contributed by atoms with Crippen molar-refractivity contribution in [2.24, 2.45) is 0 Å². The molecule has 1 atom stereocenters. The van der Waals surface area contributed by atoms with Crippen molar-refractivity contribution >= 4 is 8.03 Å². The lowest BCUT2D eigenvalue weighted by atomic mass is 9.90. The summed E-state index contributed by atoms with van der Waals surface area (Å²) in [6, 6.07) is 0. The second-order valence-electron chi connectivity index (χ2n) is 3.33. The standard InChI is InChI=1S/C7H13O2P/c1-7(10(8)9)5-3-2-4-6-7/h2-6H2,1H3/p+1. The van der Waals surface area contributed by atoms with E-state index in [2.05, 4.69) is 0 Å². The van der Waals surface area contributed by atoms with E-state index in [4.69, 9.17) is 4.89 Å². The van der Waals surface area contributed by atoms with Gasteiger partial charge in [0.15, 0.2) is 5.16 Å². The topological polar surface area (TPSA) is 37.3 Å². The van der Waals surface area contributed by atoms with Crippen molar-refractivity contribution < 1.29 is 9.46 Å². The van der Waals surface area contributed by atoms with Gasteiger partial charge < -0.3 is 0 Å². The average molecular weight is 161 g/mol. The second-order valence-corrected chi connectivity index (χ2v) is 4.96. The molecule has 1 aliphatic rings. The Morgan fingerprint density at radius 2 is 1.80 bits per heavy atom. The van der Waals surface area contributed by atoms with E-state index in [0.29, 0.717) is 0 Å². The Morgan fingerprint density at radius 1 is 1.30 bits per heavy atom. The summed E-state index contributed by atoms with van der Waals surface area (Å²) in [5.74, 6) is 0. The molecule has 0 saturated heterocycles. The van der Waals surface area contributed by atoms with Crippen LogP contribution in [-0.4, -0.2) is 10.0 Å². The Balaban J connectivity index is 2.56. The molecule has 1 aliphatic carbocycles. The first-order chi connectivity index (χ1) is 4.65. The maximum atomic E-state index is 10.8. The summed E-state index contributed by atoms with van der Waals surface area (Å²) in [6.45, 7) is 1.92. The van der Waals surface area contributed by atoms with Gasteiger partial charge in [-0.25, -0.2) is 0 Å². The van der Waals surface area contributed by atoms with Crippen LogP contribution in [0.5, 0.6) is 0 Å². The highest BCUT2D eigenvalue weighted by Gasteiger charge is 2.44. The second kappa shape index (κ2) is 2.98. The Bertz CT molecular complexity index is 139. The molecule has 1 fully saturated rings. The molecule has 58 valence electrons. The minimum absolute atomic E-state index is 0.256. The molecule has 1 rings (SSSR count). The van der Waals surface area contributed by atoms with Gasteiger partial charge in [-0.05, 0) is 37.2 Å². The van der Waals surface area contributed by atoms with Gasteiger partial charge in [0.1, 0.15) is 0 Å². The molecule has 1 N–H and O–H groups in total. The minimum atomic E-state index is -1.95. The van der Waals surface area contributed by atoms with Crippen LogP contribution in [0, 0.1) is 0 Å². The van der Waals surface area contributed by atoms with E-state index in [1.165, 1.54) is 6.42 Å². The van der Waals surface area contributed by atoms with Crippen LogP contribution in [0.1, 0.15) is 39.0 Å². The van der Waals surface area contributed by atoms with Gasteiger partial charge in [0.2, 0.25) is 0 Å². The maximum absolute atomic E-state index is 10.8. The van der Waals surface area contributed by atoms with Crippen LogP contribution in [-0.2, 0) is 4.57 Å². The maximum Gasteiger partial charge on any atom is 0.511 e. The number of rotatable bonds is 1. The zero-order valence-electron chi connectivity index (χ0n) is 6.34. The number of hydrogen-bond donors (Lipinski definition) is 1. The van der Waals surface area contributed by atoms with Crippen molar-refractivity contribution in [2.75, 3.05) is 0 Å². The Labute approximate surface area is 62.5 Å².